The summed E-state index contributed by atoms with van der Waals surface area (Å²) in [6.45, 7) is 10.2. The van der Waals surface area contributed by atoms with Crippen molar-refractivity contribution in [1.29, 1.82) is 0 Å². The predicted molar refractivity (Wildman–Crippen MR) is 94.9 cm³/mol. The van der Waals surface area contributed by atoms with Crippen molar-refractivity contribution in [3.8, 4) is 0 Å². The highest BCUT2D eigenvalue weighted by atomic mass is 32.1. The monoisotopic (exact) mass is 403 g/mol. The van der Waals surface area contributed by atoms with Crippen LogP contribution in [-0.4, -0.2) is 15.7 Å². The van der Waals surface area contributed by atoms with Gasteiger partial charge in [-0.05, 0) is 24.1 Å². The molecule has 1 amide bonds. The minimum Gasteiger partial charge on any atom is -0.267 e. The van der Waals surface area contributed by atoms with E-state index in [1.54, 1.807) is 4.68 Å². The normalized spacial score (nSPS) is 13.5. The summed E-state index contributed by atoms with van der Waals surface area (Å²) in [6, 6.07) is 1.70. The first-order valence-corrected chi connectivity index (χ1v) is 9.15. The molecule has 0 bridgehead atoms. The lowest BCUT2D eigenvalue weighted by Gasteiger charge is -2.13. The van der Waals surface area contributed by atoms with Gasteiger partial charge in [0.15, 0.2) is 0 Å². The van der Waals surface area contributed by atoms with Crippen molar-refractivity contribution in [3.63, 3.8) is 0 Å². The third-order valence-electron chi connectivity index (χ3n) is 3.52. The summed E-state index contributed by atoms with van der Waals surface area (Å²) < 4.78 is 54.1. The molecule has 1 aromatic carbocycles. The fourth-order valence-electron chi connectivity index (χ4n) is 2.17. The quantitative estimate of drug-likeness (QED) is 0.692. The number of rotatable bonds is 3. The van der Waals surface area contributed by atoms with Gasteiger partial charge in [-0.15, -0.1) is 0 Å². The van der Waals surface area contributed by atoms with Crippen molar-refractivity contribution in [1.82, 2.24) is 9.78 Å². The zero-order valence-corrected chi connectivity index (χ0v) is 16.5. The van der Waals surface area contributed by atoms with E-state index in [0.29, 0.717) is 24.7 Å². The Hall–Kier alpha value is -2.03. The number of hydrogen-bond donors (Lipinski definition) is 0. The molecular formula is C18H21F4N3OS. The van der Waals surface area contributed by atoms with E-state index in [1.807, 2.05) is 34.6 Å². The van der Waals surface area contributed by atoms with Gasteiger partial charge < -0.3 is 0 Å². The number of amides is 1. The van der Waals surface area contributed by atoms with Crippen molar-refractivity contribution in [3.05, 3.63) is 45.0 Å². The lowest BCUT2D eigenvalue weighted by molar-refractivity contribution is -0.137. The molecule has 1 heterocycles. The number of carbonyl (C=O) groups excluding carboxylic acids is 1. The lowest BCUT2D eigenvalue weighted by atomic mass is 9.98. The summed E-state index contributed by atoms with van der Waals surface area (Å²) in [7, 11) is 0. The third-order valence-corrected chi connectivity index (χ3v) is 4.89. The van der Waals surface area contributed by atoms with E-state index in [0.717, 1.165) is 5.01 Å². The topological polar surface area (TPSA) is 47.2 Å². The zero-order valence-electron chi connectivity index (χ0n) is 15.7. The van der Waals surface area contributed by atoms with Crippen molar-refractivity contribution < 1.29 is 22.4 Å². The van der Waals surface area contributed by atoms with Crippen LogP contribution in [0.15, 0.2) is 23.2 Å². The van der Waals surface area contributed by atoms with Gasteiger partial charge in [0, 0.05) is 12.0 Å². The van der Waals surface area contributed by atoms with E-state index in [2.05, 4.69) is 10.1 Å². The van der Waals surface area contributed by atoms with Crippen LogP contribution in [0.3, 0.4) is 0 Å². The average Bonchev–Trinajstić information content (AvgIpc) is 2.88. The summed E-state index contributed by atoms with van der Waals surface area (Å²) in [5.74, 6) is -1.91. The first-order chi connectivity index (χ1) is 12.3. The molecular weight excluding hydrogens is 382 g/mol. The molecule has 4 nitrogen and oxygen atoms in total. The number of halogens is 4. The van der Waals surface area contributed by atoms with E-state index in [1.165, 1.54) is 11.3 Å². The smallest absolute Gasteiger partial charge is 0.267 e. The maximum absolute atomic E-state index is 13.9. The van der Waals surface area contributed by atoms with Crippen LogP contribution in [0, 0.1) is 11.7 Å². The minimum atomic E-state index is -4.68. The van der Waals surface area contributed by atoms with Gasteiger partial charge in [0.05, 0.1) is 11.1 Å². The average molecular weight is 403 g/mol. The van der Waals surface area contributed by atoms with E-state index >= 15 is 0 Å². The lowest BCUT2D eigenvalue weighted by Crippen LogP contribution is -2.22. The Balaban J connectivity index is 2.55. The van der Waals surface area contributed by atoms with Crippen molar-refractivity contribution in [2.45, 2.75) is 52.8 Å². The number of nitrogens with zero attached hydrogens (tertiary/aromatic N) is 3. The predicted octanol–water partition coefficient (Wildman–Crippen LogP) is 4.80. The van der Waals surface area contributed by atoms with Gasteiger partial charge in [-0.3, -0.25) is 4.79 Å². The first-order valence-electron chi connectivity index (χ1n) is 8.33. The summed E-state index contributed by atoms with van der Waals surface area (Å²) in [5, 5.41) is 5.18. The molecule has 2 rings (SSSR count). The van der Waals surface area contributed by atoms with Crippen LogP contribution >= 0.6 is 11.3 Å². The van der Waals surface area contributed by atoms with Crippen molar-refractivity contribution >= 4 is 17.2 Å². The molecule has 0 saturated heterocycles. The summed E-state index contributed by atoms with van der Waals surface area (Å²) >= 11 is 1.17. The molecule has 0 radical (unpaired) electrons. The van der Waals surface area contributed by atoms with E-state index < -0.39 is 29.0 Å². The fourth-order valence-corrected chi connectivity index (χ4v) is 3.14. The molecule has 0 N–H and O–H groups in total. The van der Waals surface area contributed by atoms with Gasteiger partial charge in [-0.2, -0.15) is 23.3 Å². The Labute approximate surface area is 158 Å². The van der Waals surface area contributed by atoms with E-state index in [-0.39, 0.29) is 16.1 Å². The molecule has 2 aromatic rings. The molecule has 0 saturated carbocycles. The molecule has 148 valence electrons. The highest BCUT2D eigenvalue weighted by Crippen LogP contribution is 2.30. The molecule has 0 aliphatic rings. The fraction of sp³-hybridized carbons (Fsp3) is 0.500. The number of alkyl halides is 3. The number of hydrogen-bond acceptors (Lipinski definition) is 3. The van der Waals surface area contributed by atoms with Crippen LogP contribution in [0.2, 0.25) is 0 Å². The summed E-state index contributed by atoms with van der Waals surface area (Å²) in [6.07, 6.45) is -4.68. The highest BCUT2D eigenvalue weighted by Gasteiger charge is 2.32. The number of carbonyl (C=O) groups is 1. The molecule has 0 aliphatic heterocycles. The second-order valence-corrected chi connectivity index (χ2v) is 8.58. The molecule has 0 spiro atoms. The Morgan fingerprint density at radius 2 is 1.89 bits per heavy atom. The van der Waals surface area contributed by atoms with Gasteiger partial charge in [0.1, 0.15) is 10.8 Å². The summed E-state index contributed by atoms with van der Waals surface area (Å²) in [4.78, 5) is 16.5. The van der Waals surface area contributed by atoms with Crippen LogP contribution in [0.25, 0.3) is 0 Å². The van der Waals surface area contributed by atoms with Crippen molar-refractivity contribution in [2.75, 3.05) is 0 Å². The maximum Gasteiger partial charge on any atom is 0.416 e. The minimum absolute atomic E-state index is 0.208. The summed E-state index contributed by atoms with van der Waals surface area (Å²) in [5.41, 5.74) is -2.11. The van der Waals surface area contributed by atoms with Crippen LogP contribution < -0.4 is 4.80 Å². The SMILES string of the molecule is CC(C)Cn1nc(C(C)(C)C)s/c1=N\C(=O)c1cc(C(F)(F)F)ccc1F. The molecule has 27 heavy (non-hydrogen) atoms. The molecule has 0 fully saturated rings. The van der Waals surface area contributed by atoms with E-state index in [4.69, 9.17) is 0 Å². The molecule has 1 aromatic heterocycles. The second kappa shape index (κ2) is 7.53. The number of benzene rings is 1. The third kappa shape index (κ3) is 5.24. The van der Waals surface area contributed by atoms with Crippen LogP contribution in [0.1, 0.15) is 55.5 Å². The Morgan fingerprint density at radius 3 is 2.41 bits per heavy atom. The molecule has 0 aliphatic carbocycles. The zero-order chi connectivity index (χ0) is 20.6. The molecule has 0 unspecified atom stereocenters. The Bertz CT molecular complexity index is 905. The van der Waals surface area contributed by atoms with Gasteiger partial charge in [0.2, 0.25) is 4.80 Å². The van der Waals surface area contributed by atoms with E-state index in [9.17, 15) is 22.4 Å². The standard InChI is InChI=1S/C18H21F4N3OS/c1-10(2)9-25-16(27-15(24-25)17(3,4)5)23-14(26)12-8-11(18(20,21)22)6-7-13(12)19/h6-8,10H,9H2,1-5H3/b23-16-. The second-order valence-electron chi connectivity index (χ2n) is 7.63. The highest BCUT2D eigenvalue weighted by molar-refractivity contribution is 7.09. The molecule has 9 heteroatoms. The number of aromatic nitrogens is 2. The largest absolute Gasteiger partial charge is 0.416 e. The van der Waals surface area contributed by atoms with Gasteiger partial charge in [0.25, 0.3) is 5.91 Å². The van der Waals surface area contributed by atoms with Crippen LogP contribution in [-0.2, 0) is 18.1 Å². The Kier molecular flexibility index (Phi) is 5.94. The first kappa shape index (κ1) is 21.3. The van der Waals surface area contributed by atoms with Gasteiger partial charge in [-0.1, -0.05) is 46.0 Å². The van der Waals surface area contributed by atoms with Gasteiger partial charge >= 0.3 is 6.18 Å². The van der Waals surface area contributed by atoms with Gasteiger partial charge in [-0.25, -0.2) is 9.07 Å². The van der Waals surface area contributed by atoms with Crippen LogP contribution in [0.5, 0.6) is 0 Å². The van der Waals surface area contributed by atoms with Crippen LogP contribution in [0.4, 0.5) is 17.6 Å². The van der Waals surface area contributed by atoms with Crippen molar-refractivity contribution in [2.24, 2.45) is 10.9 Å². The molecule has 0 atom stereocenters. The Morgan fingerprint density at radius 1 is 1.26 bits per heavy atom. The maximum atomic E-state index is 13.9.